The Labute approximate surface area is 192 Å². The highest BCUT2D eigenvalue weighted by Crippen LogP contribution is 2.92. The lowest BCUT2D eigenvalue weighted by atomic mass is 9.13. The zero-order valence-electron chi connectivity index (χ0n) is 18.8. The van der Waals surface area contributed by atoms with Crippen LogP contribution in [-0.2, 0) is 4.79 Å². The lowest BCUT2D eigenvalue weighted by molar-refractivity contribution is -0.436. The molecule has 1 aromatic rings. The molecule has 2 N–H and O–H groups in total. The summed E-state index contributed by atoms with van der Waals surface area (Å²) in [7, 11) is 0. The number of amides is 1. The molecule has 1 amide bonds. The molecule has 1 aliphatic heterocycles. The van der Waals surface area contributed by atoms with E-state index in [-0.39, 0.29) is 23.4 Å². The average molecular weight is 456 g/mol. The van der Waals surface area contributed by atoms with Gasteiger partial charge in [-0.05, 0) is 79.2 Å². The van der Waals surface area contributed by atoms with Crippen LogP contribution in [0.5, 0.6) is 5.75 Å². The minimum Gasteiger partial charge on any atom is -0.493 e. The summed E-state index contributed by atoms with van der Waals surface area (Å²) in [6, 6.07) is 1.76. The van der Waals surface area contributed by atoms with Crippen molar-refractivity contribution < 1.29 is 28.9 Å². The maximum atomic E-state index is 15.2. The van der Waals surface area contributed by atoms with Crippen molar-refractivity contribution in [1.82, 2.24) is 4.90 Å². The number of aliphatic hydroxyl groups excluding tert-OH is 1. The Morgan fingerprint density at radius 1 is 1.18 bits per heavy atom. The predicted molar refractivity (Wildman–Crippen MR) is 115 cm³/mol. The number of carboxylic acids is 1. The van der Waals surface area contributed by atoms with Gasteiger partial charge in [0, 0.05) is 23.9 Å². The van der Waals surface area contributed by atoms with Crippen LogP contribution in [0.25, 0.3) is 0 Å². The van der Waals surface area contributed by atoms with Gasteiger partial charge in [-0.15, -0.1) is 0 Å². The average Bonchev–Trinajstić information content (AvgIpc) is 3.50. The van der Waals surface area contributed by atoms with E-state index in [0.717, 1.165) is 41.1 Å². The van der Waals surface area contributed by atoms with Gasteiger partial charge in [0.2, 0.25) is 0 Å². The van der Waals surface area contributed by atoms with E-state index in [4.69, 9.17) is 4.74 Å². The van der Waals surface area contributed by atoms with E-state index in [2.05, 4.69) is 0 Å². The van der Waals surface area contributed by atoms with Gasteiger partial charge in [-0.2, -0.15) is 0 Å². The highest BCUT2D eigenvalue weighted by molar-refractivity contribution is 5.97. The van der Waals surface area contributed by atoms with Crippen LogP contribution in [0.3, 0.4) is 0 Å². The lowest BCUT2D eigenvalue weighted by Gasteiger charge is -2.91. The fourth-order valence-electron chi connectivity index (χ4n) is 8.89. The van der Waals surface area contributed by atoms with Crippen LogP contribution in [0.1, 0.15) is 67.3 Å². The Kier molecular flexibility index (Phi) is 3.86. The van der Waals surface area contributed by atoms with E-state index >= 15 is 4.39 Å². The highest BCUT2D eigenvalue weighted by atomic mass is 19.1. The number of hydrogen-bond donors (Lipinski definition) is 2. The molecule has 1 spiro atoms. The molecule has 5 saturated carbocycles. The van der Waals surface area contributed by atoms with Crippen LogP contribution in [0.4, 0.5) is 4.39 Å². The quantitative estimate of drug-likeness (QED) is 0.686. The number of likely N-dealkylation sites (tertiary alicyclic amines) is 1. The van der Waals surface area contributed by atoms with Crippen LogP contribution in [0.2, 0.25) is 0 Å². The standard InChI is InChI=1S/C26H30FNO5/c1-12-20(29)10-28(22(12)24(31)32)23(30)18-6-17(13-2-3-13)21(7-19(18)27)33-11-25-8-15-4-14-5-16(9-25)26(14,15)25/h6-7,12-16,20,22,29H,2-5,8-11H2,1H3,(H,31,32)/t12-,14?,15?,16?,20+,22-,25?,26?/m0/s1. The van der Waals surface area contributed by atoms with Crippen molar-refractivity contribution in [2.24, 2.45) is 34.5 Å². The van der Waals surface area contributed by atoms with Gasteiger partial charge in [0.05, 0.1) is 18.3 Å². The molecule has 2 unspecified atom stereocenters. The van der Waals surface area contributed by atoms with Gasteiger partial charge in [-0.1, -0.05) is 6.92 Å². The number of aliphatic hydroxyl groups is 1. The van der Waals surface area contributed by atoms with E-state index in [1.807, 2.05) is 0 Å². The Balaban J connectivity index is 1.15. The summed E-state index contributed by atoms with van der Waals surface area (Å²) in [6.07, 6.45) is 6.27. The molecule has 1 aromatic carbocycles. The fraction of sp³-hybridized carbons (Fsp3) is 0.692. The second-order valence-corrected chi connectivity index (χ2v) is 11.8. The number of benzene rings is 1. The van der Waals surface area contributed by atoms with Crippen LogP contribution in [0.15, 0.2) is 12.1 Å². The second kappa shape index (κ2) is 6.29. The molecule has 5 atom stereocenters. The van der Waals surface area contributed by atoms with Gasteiger partial charge in [0.15, 0.2) is 0 Å². The fourth-order valence-corrected chi connectivity index (χ4v) is 8.89. The van der Waals surface area contributed by atoms with E-state index in [9.17, 15) is 19.8 Å². The molecule has 7 heteroatoms. The minimum atomic E-state index is -1.18. The first-order valence-electron chi connectivity index (χ1n) is 12.4. The summed E-state index contributed by atoms with van der Waals surface area (Å²) in [5.74, 6) is 0.306. The number of carbonyl (C=O) groups excluding carboxylic acids is 1. The summed E-state index contributed by atoms with van der Waals surface area (Å²) in [4.78, 5) is 26.0. The molecule has 0 radical (unpaired) electrons. The summed E-state index contributed by atoms with van der Waals surface area (Å²) in [6.45, 7) is 2.13. The molecular formula is C26H30FNO5. The Morgan fingerprint density at radius 3 is 2.45 bits per heavy atom. The maximum absolute atomic E-state index is 15.2. The molecule has 176 valence electrons. The van der Waals surface area contributed by atoms with Crippen molar-refractivity contribution in [1.29, 1.82) is 0 Å². The second-order valence-electron chi connectivity index (χ2n) is 11.8. The van der Waals surface area contributed by atoms with Crippen molar-refractivity contribution >= 4 is 11.9 Å². The Morgan fingerprint density at radius 2 is 1.88 bits per heavy atom. The summed E-state index contributed by atoms with van der Waals surface area (Å²) < 4.78 is 21.5. The summed E-state index contributed by atoms with van der Waals surface area (Å²) in [5, 5.41) is 19.7. The van der Waals surface area contributed by atoms with Gasteiger partial charge in [0.1, 0.15) is 17.6 Å². The molecular weight excluding hydrogens is 425 g/mol. The lowest BCUT2D eigenvalue weighted by Crippen LogP contribution is -2.86. The number of hydrogen-bond acceptors (Lipinski definition) is 4. The largest absolute Gasteiger partial charge is 0.493 e. The number of ether oxygens (including phenoxy) is 1. The van der Waals surface area contributed by atoms with Gasteiger partial charge >= 0.3 is 5.97 Å². The number of halogens is 1. The van der Waals surface area contributed by atoms with Gasteiger partial charge in [-0.25, -0.2) is 9.18 Å². The maximum Gasteiger partial charge on any atom is 0.326 e. The monoisotopic (exact) mass is 455 g/mol. The van der Waals surface area contributed by atoms with Crippen LogP contribution < -0.4 is 4.74 Å². The zero-order valence-corrected chi connectivity index (χ0v) is 18.8. The van der Waals surface area contributed by atoms with Crippen LogP contribution in [0, 0.1) is 40.3 Å². The van der Waals surface area contributed by atoms with Crippen LogP contribution in [-0.4, -0.2) is 52.3 Å². The molecule has 33 heavy (non-hydrogen) atoms. The molecule has 0 aromatic heterocycles. The van der Waals surface area contributed by atoms with Gasteiger partial charge in [-0.3, -0.25) is 4.79 Å². The third-order valence-electron chi connectivity index (χ3n) is 10.5. The molecule has 7 rings (SSSR count). The zero-order chi connectivity index (χ0) is 22.9. The number of nitrogens with zero attached hydrogens (tertiary/aromatic N) is 1. The smallest absolute Gasteiger partial charge is 0.326 e. The van der Waals surface area contributed by atoms with Gasteiger partial charge < -0.3 is 19.8 Å². The topological polar surface area (TPSA) is 87.1 Å². The van der Waals surface area contributed by atoms with Gasteiger partial charge in [0.25, 0.3) is 5.91 Å². The first-order chi connectivity index (χ1) is 15.8. The molecule has 5 aliphatic carbocycles. The number of carboxylic acid groups (broad SMARTS) is 1. The van der Waals surface area contributed by atoms with Crippen molar-refractivity contribution in [3.8, 4) is 5.75 Å². The highest BCUT2D eigenvalue weighted by Gasteiger charge is 2.87. The summed E-state index contributed by atoms with van der Waals surface area (Å²) in [5.41, 5.74) is 1.56. The van der Waals surface area contributed by atoms with E-state index in [1.165, 1.54) is 31.7 Å². The number of carbonyl (C=O) groups is 2. The minimum absolute atomic E-state index is 0.110. The van der Waals surface area contributed by atoms with Crippen molar-refractivity contribution in [2.75, 3.05) is 13.2 Å². The first-order valence-corrected chi connectivity index (χ1v) is 12.4. The Hall–Kier alpha value is -2.15. The number of rotatable bonds is 6. The van der Waals surface area contributed by atoms with Crippen LogP contribution >= 0.6 is 0 Å². The molecule has 0 bridgehead atoms. The molecule has 6 aliphatic rings. The SMILES string of the molecule is C[C@H]1[C@H](O)CN(C(=O)c2cc(C3CC3)c(OCC34CC5CC6CC(C3)C654)cc2F)[C@@H]1C(=O)O. The first kappa shape index (κ1) is 20.2. The third-order valence-corrected chi connectivity index (χ3v) is 10.5. The molecule has 1 saturated heterocycles. The third kappa shape index (κ3) is 2.32. The number of aliphatic carboxylic acids is 1. The molecule has 6 nitrogen and oxygen atoms in total. The molecule has 6 fully saturated rings. The van der Waals surface area contributed by atoms with Crippen molar-refractivity contribution in [3.63, 3.8) is 0 Å². The Bertz CT molecular complexity index is 1060. The normalized spacial score (nSPS) is 43.9. The van der Waals surface area contributed by atoms with E-state index in [0.29, 0.717) is 17.8 Å². The molecule has 1 heterocycles. The summed E-state index contributed by atoms with van der Waals surface area (Å²) >= 11 is 0. The van der Waals surface area contributed by atoms with E-state index < -0.39 is 35.8 Å². The van der Waals surface area contributed by atoms with Crippen molar-refractivity contribution in [3.05, 3.63) is 29.1 Å². The number of β-amino-alcohol motifs (C(OH)–C–C–N with tert-alkyl or cyclic N) is 1. The van der Waals surface area contributed by atoms with E-state index in [1.54, 1.807) is 13.0 Å². The predicted octanol–water partition coefficient (Wildman–Crippen LogP) is 3.42. The van der Waals surface area contributed by atoms with Crippen molar-refractivity contribution in [2.45, 2.75) is 63.5 Å².